The number of hydrogen-bond acceptors (Lipinski definition) is 12. The number of carbonyl (C=O) groups excluding carboxylic acids is 3. The molecular formula is C45H61Cl2FN4O9. The summed E-state index contributed by atoms with van der Waals surface area (Å²) in [6.45, 7) is 14.1. The van der Waals surface area contributed by atoms with Gasteiger partial charge in [-0.25, -0.2) is 18.8 Å². The highest BCUT2D eigenvalue weighted by atomic mass is 35.5. The number of fused-ring (bicyclic) bond motifs is 1. The molecule has 0 spiro atoms. The summed E-state index contributed by atoms with van der Waals surface area (Å²) in [6.07, 6.45) is 0.371. The summed E-state index contributed by atoms with van der Waals surface area (Å²) >= 11 is 12.7. The molecule has 0 radical (unpaired) electrons. The Labute approximate surface area is 369 Å². The molecule has 3 aromatic rings. The second-order valence-electron chi connectivity index (χ2n) is 17.2. The number of hydrogen-bond donors (Lipinski definition) is 1. The molecule has 3 aromatic carbocycles. The molecule has 2 unspecified atom stereocenters. The van der Waals surface area contributed by atoms with Crippen LogP contribution in [0.25, 0.3) is 0 Å². The minimum absolute atomic E-state index is 0.0155. The van der Waals surface area contributed by atoms with E-state index in [2.05, 4.69) is 18.7 Å². The third-order valence-electron chi connectivity index (χ3n) is 10.5. The van der Waals surface area contributed by atoms with Gasteiger partial charge in [0.05, 0.1) is 59.6 Å². The number of methoxy groups -OCH3 is 1. The van der Waals surface area contributed by atoms with Gasteiger partial charge in [-0.15, -0.1) is 0 Å². The highest BCUT2D eigenvalue weighted by Crippen LogP contribution is 2.43. The van der Waals surface area contributed by atoms with E-state index in [0.717, 1.165) is 37.3 Å². The molecule has 2 atom stereocenters. The van der Waals surface area contributed by atoms with Crippen molar-refractivity contribution in [3.63, 3.8) is 0 Å². The van der Waals surface area contributed by atoms with E-state index >= 15 is 0 Å². The third kappa shape index (κ3) is 12.8. The molecule has 2 heterocycles. The molecule has 5 rings (SSSR count). The van der Waals surface area contributed by atoms with Crippen molar-refractivity contribution in [1.29, 1.82) is 0 Å². The van der Waals surface area contributed by atoms with Crippen molar-refractivity contribution < 1.29 is 47.6 Å². The minimum atomic E-state index is -0.939. The Balaban J connectivity index is 0.000000281. The fraction of sp³-hybridized carbons (Fsp3) is 0.533. The first-order valence-corrected chi connectivity index (χ1v) is 21.0. The van der Waals surface area contributed by atoms with Crippen LogP contribution in [0.4, 0.5) is 26.2 Å². The Kier molecular flexibility index (Phi) is 16.6. The highest BCUT2D eigenvalue weighted by Gasteiger charge is 2.47. The van der Waals surface area contributed by atoms with Crippen molar-refractivity contribution in [3.8, 4) is 11.5 Å². The quantitative estimate of drug-likeness (QED) is 0.107. The molecule has 336 valence electrons. The number of benzene rings is 3. The molecule has 1 N–H and O–H groups in total. The normalized spacial score (nSPS) is 18.4. The molecule has 0 bridgehead atoms. The predicted octanol–water partition coefficient (Wildman–Crippen LogP) is 8.28. The molecule has 0 saturated carbocycles. The van der Waals surface area contributed by atoms with Gasteiger partial charge in [-0.3, -0.25) is 4.90 Å². The number of esters is 2. The van der Waals surface area contributed by atoms with Crippen LogP contribution in [0.5, 0.6) is 11.5 Å². The van der Waals surface area contributed by atoms with Crippen LogP contribution in [0.3, 0.4) is 0 Å². The maximum absolute atomic E-state index is 13.3. The van der Waals surface area contributed by atoms with Crippen molar-refractivity contribution in [2.24, 2.45) is 5.41 Å². The largest absolute Gasteiger partial charge is 0.493 e. The SMILES string of the molecule is CCOC(=O)C1CN(C(=O)OC(C)(C)C)c2cc(Cl)c(N(C)C)cc2O1.COC(=O)c1cc(Cl)c(N(C)C)cc1OCCCN1CCC(O)(Cc2ccc(F)cc2)C(C)(C)C1. The van der Waals surface area contributed by atoms with E-state index in [4.69, 9.17) is 46.9 Å². The Morgan fingerprint density at radius 3 is 2.18 bits per heavy atom. The monoisotopic (exact) mass is 890 g/mol. The van der Waals surface area contributed by atoms with Gasteiger partial charge in [0.2, 0.25) is 6.10 Å². The number of anilines is 3. The number of carbonyl (C=O) groups is 3. The molecule has 1 fully saturated rings. The van der Waals surface area contributed by atoms with E-state index in [1.807, 2.05) is 38.0 Å². The fourth-order valence-corrected chi connectivity index (χ4v) is 7.81. The lowest BCUT2D eigenvalue weighted by atomic mass is 9.67. The van der Waals surface area contributed by atoms with Crippen LogP contribution in [0.2, 0.25) is 10.0 Å². The first-order chi connectivity index (χ1) is 28.5. The fourth-order valence-electron chi connectivity index (χ4n) is 7.15. The van der Waals surface area contributed by atoms with Crippen molar-refractivity contribution in [3.05, 3.63) is 75.5 Å². The Morgan fingerprint density at radius 1 is 0.984 bits per heavy atom. The van der Waals surface area contributed by atoms with E-state index < -0.39 is 35.3 Å². The Hall–Kier alpha value is -4.50. The van der Waals surface area contributed by atoms with Crippen LogP contribution in [0.1, 0.15) is 70.3 Å². The summed E-state index contributed by atoms with van der Waals surface area (Å²) in [6, 6.07) is 13.0. The van der Waals surface area contributed by atoms with Crippen LogP contribution < -0.4 is 24.2 Å². The summed E-state index contributed by atoms with van der Waals surface area (Å²) in [5.74, 6) is -0.489. The number of nitrogens with zero attached hydrogens (tertiary/aromatic N) is 4. The number of ether oxygens (including phenoxy) is 5. The van der Waals surface area contributed by atoms with Crippen LogP contribution in [0, 0.1) is 11.2 Å². The Bertz CT molecular complexity index is 2010. The predicted molar refractivity (Wildman–Crippen MR) is 238 cm³/mol. The van der Waals surface area contributed by atoms with Crippen molar-refractivity contribution >= 4 is 58.3 Å². The van der Waals surface area contributed by atoms with E-state index in [1.165, 1.54) is 24.1 Å². The van der Waals surface area contributed by atoms with Gasteiger partial charge >= 0.3 is 18.0 Å². The zero-order valence-corrected chi connectivity index (χ0v) is 38.7. The van der Waals surface area contributed by atoms with Gasteiger partial charge in [-0.2, -0.15) is 0 Å². The number of likely N-dealkylation sites (tertiary alicyclic amines) is 1. The summed E-state index contributed by atoms with van der Waals surface area (Å²) in [5, 5.41) is 12.4. The molecule has 0 aliphatic carbocycles. The second kappa shape index (κ2) is 20.6. The molecule has 2 aliphatic heterocycles. The maximum atomic E-state index is 13.3. The minimum Gasteiger partial charge on any atom is -0.493 e. The van der Waals surface area contributed by atoms with Crippen LogP contribution in [-0.2, 0) is 25.4 Å². The molecular weight excluding hydrogens is 830 g/mol. The Morgan fingerprint density at radius 2 is 1.61 bits per heavy atom. The molecule has 2 aliphatic rings. The highest BCUT2D eigenvalue weighted by molar-refractivity contribution is 6.34. The van der Waals surface area contributed by atoms with Gasteiger partial charge in [0, 0.05) is 71.8 Å². The summed E-state index contributed by atoms with van der Waals surface area (Å²) in [4.78, 5) is 44.4. The van der Waals surface area contributed by atoms with Gasteiger partial charge < -0.3 is 43.5 Å². The van der Waals surface area contributed by atoms with Gasteiger partial charge in [0.1, 0.15) is 28.5 Å². The van der Waals surface area contributed by atoms with Crippen LogP contribution >= 0.6 is 23.2 Å². The molecule has 61 heavy (non-hydrogen) atoms. The van der Waals surface area contributed by atoms with Gasteiger partial charge in [-0.05, 0) is 70.4 Å². The van der Waals surface area contributed by atoms with E-state index in [-0.39, 0.29) is 24.4 Å². The summed E-state index contributed by atoms with van der Waals surface area (Å²) in [5.41, 5.74) is 1.27. The number of aliphatic hydroxyl groups is 1. The van der Waals surface area contributed by atoms with E-state index in [0.29, 0.717) is 57.9 Å². The number of amides is 1. The summed E-state index contributed by atoms with van der Waals surface area (Å²) < 4.78 is 40.4. The average molecular weight is 892 g/mol. The standard InChI is InChI=1S/C27H36ClFN2O4.C18H25ClN2O5/c1-26(2)18-31(13-11-27(26,33)17-19-7-9-20(29)10-8-19)12-6-14-35-24-16-23(30(3)4)22(28)15-21(24)25(32)34-5;1-7-24-16(22)15-10-21(17(23)26-18(2,3)4)13-8-11(19)12(20(5)6)9-14(13)25-15/h7-10,15-16,33H,6,11-14,17-18H2,1-5H3;8-9,15H,7,10H2,1-6H3. The number of piperidine rings is 1. The number of halogens is 3. The zero-order chi connectivity index (χ0) is 45.4. The smallest absolute Gasteiger partial charge is 0.415 e. The van der Waals surface area contributed by atoms with Crippen molar-refractivity contribution in [1.82, 2.24) is 4.90 Å². The van der Waals surface area contributed by atoms with Gasteiger partial charge in [0.15, 0.2) is 0 Å². The average Bonchev–Trinajstić information content (AvgIpc) is 3.17. The first kappa shape index (κ1) is 49.2. The molecule has 1 saturated heterocycles. The second-order valence-corrected chi connectivity index (χ2v) is 18.1. The molecule has 1 amide bonds. The lowest BCUT2D eigenvalue weighted by Crippen LogP contribution is -2.58. The van der Waals surface area contributed by atoms with Crippen LogP contribution in [-0.4, -0.2) is 120 Å². The maximum Gasteiger partial charge on any atom is 0.415 e. The topological polar surface area (TPSA) is 131 Å². The lowest BCUT2D eigenvalue weighted by Gasteiger charge is -2.50. The zero-order valence-electron chi connectivity index (χ0n) is 37.2. The van der Waals surface area contributed by atoms with Gasteiger partial charge in [-0.1, -0.05) is 49.2 Å². The molecule has 0 aromatic heterocycles. The van der Waals surface area contributed by atoms with Crippen LogP contribution in [0.15, 0.2) is 48.5 Å². The van der Waals surface area contributed by atoms with Gasteiger partial charge in [0.25, 0.3) is 0 Å². The summed E-state index contributed by atoms with van der Waals surface area (Å²) in [7, 11) is 8.75. The van der Waals surface area contributed by atoms with E-state index in [1.54, 1.807) is 64.1 Å². The van der Waals surface area contributed by atoms with E-state index in [9.17, 15) is 23.9 Å². The number of rotatable bonds is 12. The third-order valence-corrected chi connectivity index (χ3v) is 11.1. The van der Waals surface area contributed by atoms with Crippen molar-refractivity contribution in [2.75, 3.05) is 89.4 Å². The molecule has 13 nitrogen and oxygen atoms in total. The molecule has 16 heteroatoms. The lowest BCUT2D eigenvalue weighted by molar-refractivity contribution is -0.151. The van der Waals surface area contributed by atoms with Crippen molar-refractivity contribution in [2.45, 2.75) is 78.1 Å². The first-order valence-electron chi connectivity index (χ1n) is 20.2.